The van der Waals surface area contributed by atoms with Gasteiger partial charge in [0, 0.05) is 5.56 Å². The predicted molar refractivity (Wildman–Crippen MR) is 153 cm³/mol. The van der Waals surface area contributed by atoms with Crippen LogP contribution in [0.5, 0.6) is 5.88 Å². The van der Waals surface area contributed by atoms with Crippen molar-refractivity contribution >= 4 is 52.4 Å². The van der Waals surface area contributed by atoms with Crippen molar-refractivity contribution in [3.8, 4) is 28.3 Å². The maximum absolute atomic E-state index is 13.4. The van der Waals surface area contributed by atoms with Gasteiger partial charge in [0.1, 0.15) is 16.0 Å². The predicted octanol–water partition coefficient (Wildman–Crippen LogP) is 9.05. The molecular weight excluding hydrogens is 564 g/mol. The first kappa shape index (κ1) is 26.3. The van der Waals surface area contributed by atoms with E-state index in [2.05, 4.69) is 4.98 Å². The number of rotatable bonds is 6. The number of carbonyl (C=O) groups is 1. The third-order valence-electron chi connectivity index (χ3n) is 5.96. The second-order valence-electron chi connectivity index (χ2n) is 8.45. The molecule has 0 aliphatic carbocycles. The van der Waals surface area contributed by atoms with E-state index >= 15 is 0 Å². The Bertz CT molecular complexity index is 1600. The Balaban J connectivity index is 1.73. The summed E-state index contributed by atoms with van der Waals surface area (Å²) in [7, 11) is 0. The van der Waals surface area contributed by atoms with Gasteiger partial charge in [-0.25, -0.2) is 14.5 Å². The molecule has 0 aliphatic rings. The van der Waals surface area contributed by atoms with E-state index in [4.69, 9.17) is 56.2 Å². The minimum absolute atomic E-state index is 0.0791. The molecule has 0 aliphatic heterocycles. The van der Waals surface area contributed by atoms with Crippen molar-refractivity contribution < 1.29 is 9.53 Å². The highest BCUT2D eigenvalue weighted by molar-refractivity contribution is 6.42. The third kappa shape index (κ3) is 5.42. The summed E-state index contributed by atoms with van der Waals surface area (Å²) in [6.07, 6.45) is 0. The van der Waals surface area contributed by atoms with E-state index in [1.807, 2.05) is 73.7 Å². The number of hydrogen-bond donors (Lipinski definition) is 0. The monoisotopic (exact) mass is 581 g/mol. The lowest BCUT2D eigenvalue weighted by Crippen LogP contribution is -2.16. The molecule has 0 amide bonds. The highest BCUT2D eigenvalue weighted by Gasteiger charge is 2.28. The Morgan fingerprint density at radius 2 is 1.39 bits per heavy atom. The van der Waals surface area contributed by atoms with E-state index in [-0.39, 0.29) is 27.8 Å². The van der Waals surface area contributed by atoms with Crippen LogP contribution in [0.25, 0.3) is 22.4 Å². The number of esters is 1. The number of aromatic nitrogens is 3. The van der Waals surface area contributed by atoms with Crippen LogP contribution in [-0.4, -0.2) is 20.7 Å². The molecule has 1 atom stereocenters. The van der Waals surface area contributed by atoms with E-state index in [1.165, 1.54) is 12.1 Å². The molecule has 2 aromatic heterocycles. The summed E-state index contributed by atoms with van der Waals surface area (Å²) in [6.45, 7) is 1.94. The van der Waals surface area contributed by atoms with Crippen LogP contribution in [0.4, 0.5) is 0 Å². The van der Waals surface area contributed by atoms with Crippen LogP contribution in [-0.2, 0) is 0 Å². The fourth-order valence-corrected chi connectivity index (χ4v) is 4.85. The van der Waals surface area contributed by atoms with Gasteiger partial charge in [0.2, 0.25) is 5.88 Å². The second-order valence-corrected chi connectivity index (χ2v) is 10.0. The lowest BCUT2D eigenvalue weighted by molar-refractivity contribution is 0.0717. The van der Waals surface area contributed by atoms with Crippen LogP contribution in [0.3, 0.4) is 0 Å². The zero-order valence-electron chi connectivity index (χ0n) is 19.9. The van der Waals surface area contributed by atoms with Crippen LogP contribution in [0.1, 0.15) is 28.9 Å². The molecule has 5 aromatic rings. The van der Waals surface area contributed by atoms with E-state index in [0.717, 1.165) is 16.7 Å². The van der Waals surface area contributed by atoms with Crippen LogP contribution in [0.15, 0.2) is 91.0 Å². The first-order valence-electron chi connectivity index (χ1n) is 11.6. The third-order valence-corrected chi connectivity index (χ3v) is 7.08. The number of benzene rings is 3. The standard InChI is InChI=1S/C29H19Cl4N3O2/c1-17(20-12-13-22(30)23(31)14-20)36-28(38-29(37)21-15-24(32)34-25(33)16-21)26(18-8-4-2-5-9-18)27(35-36)19-10-6-3-7-11-19/h2-17H,1H3. The summed E-state index contributed by atoms with van der Waals surface area (Å²) in [6, 6.07) is 27.1. The van der Waals surface area contributed by atoms with Gasteiger partial charge in [0.25, 0.3) is 0 Å². The van der Waals surface area contributed by atoms with Crippen molar-refractivity contribution in [3.05, 3.63) is 122 Å². The van der Waals surface area contributed by atoms with Crippen LogP contribution >= 0.6 is 46.4 Å². The van der Waals surface area contributed by atoms with Crippen molar-refractivity contribution in [3.63, 3.8) is 0 Å². The van der Waals surface area contributed by atoms with Gasteiger partial charge >= 0.3 is 5.97 Å². The largest absolute Gasteiger partial charge is 0.403 e. The lowest BCUT2D eigenvalue weighted by Gasteiger charge is -2.17. The number of pyridine rings is 1. The normalized spacial score (nSPS) is 11.8. The quantitative estimate of drug-likeness (QED) is 0.148. The molecule has 0 saturated carbocycles. The van der Waals surface area contributed by atoms with Crippen molar-refractivity contribution in [1.29, 1.82) is 0 Å². The molecule has 0 N–H and O–H groups in total. The average Bonchev–Trinajstić information content (AvgIpc) is 3.29. The SMILES string of the molecule is CC(c1ccc(Cl)c(Cl)c1)n1nc(-c2ccccc2)c(-c2ccccc2)c1OC(=O)c1cc(Cl)nc(Cl)c1. The molecular formula is C29H19Cl4N3O2. The fraction of sp³-hybridized carbons (Fsp3) is 0.0690. The smallest absolute Gasteiger partial charge is 0.345 e. The molecule has 5 nitrogen and oxygen atoms in total. The van der Waals surface area contributed by atoms with Gasteiger partial charge in [-0.05, 0) is 42.3 Å². The summed E-state index contributed by atoms with van der Waals surface area (Å²) < 4.78 is 7.76. The molecule has 1 unspecified atom stereocenters. The number of ether oxygens (including phenoxy) is 1. The Labute approximate surface area is 239 Å². The van der Waals surface area contributed by atoms with Gasteiger partial charge in [-0.2, -0.15) is 5.10 Å². The summed E-state index contributed by atoms with van der Waals surface area (Å²) in [4.78, 5) is 17.3. The first-order valence-corrected chi connectivity index (χ1v) is 13.1. The van der Waals surface area contributed by atoms with Crippen molar-refractivity contribution in [2.45, 2.75) is 13.0 Å². The second kappa shape index (κ2) is 11.2. The lowest BCUT2D eigenvalue weighted by atomic mass is 10.0. The van der Waals surface area contributed by atoms with Crippen LogP contribution in [0.2, 0.25) is 20.4 Å². The summed E-state index contributed by atoms with van der Waals surface area (Å²) in [5, 5.41) is 5.98. The Kier molecular flexibility index (Phi) is 7.73. The maximum Gasteiger partial charge on any atom is 0.345 e. The molecule has 0 saturated heterocycles. The first-order chi connectivity index (χ1) is 18.3. The van der Waals surface area contributed by atoms with E-state index in [1.54, 1.807) is 16.8 Å². The minimum atomic E-state index is -0.657. The van der Waals surface area contributed by atoms with Crippen LogP contribution < -0.4 is 4.74 Å². The highest BCUT2D eigenvalue weighted by Crippen LogP contribution is 2.42. The van der Waals surface area contributed by atoms with Gasteiger partial charge in [-0.15, -0.1) is 0 Å². The van der Waals surface area contributed by atoms with Crippen molar-refractivity contribution in [1.82, 2.24) is 14.8 Å². The maximum atomic E-state index is 13.4. The minimum Gasteiger partial charge on any atom is -0.403 e. The Morgan fingerprint density at radius 1 is 0.789 bits per heavy atom. The molecule has 9 heteroatoms. The van der Waals surface area contributed by atoms with E-state index in [9.17, 15) is 4.79 Å². The topological polar surface area (TPSA) is 57.0 Å². The zero-order valence-corrected chi connectivity index (χ0v) is 22.9. The molecule has 0 radical (unpaired) electrons. The molecule has 3 aromatic carbocycles. The Hall–Kier alpha value is -3.35. The fourth-order valence-electron chi connectivity index (χ4n) is 4.09. The van der Waals surface area contributed by atoms with Crippen molar-refractivity contribution in [2.24, 2.45) is 0 Å². The van der Waals surface area contributed by atoms with E-state index in [0.29, 0.717) is 21.3 Å². The number of carbonyl (C=O) groups excluding carboxylic acids is 1. The summed E-state index contributed by atoms with van der Waals surface area (Å²) >= 11 is 24.6. The van der Waals surface area contributed by atoms with Gasteiger partial charge < -0.3 is 4.74 Å². The van der Waals surface area contributed by atoms with Gasteiger partial charge in [-0.3, -0.25) is 0 Å². The molecule has 2 heterocycles. The number of halogens is 4. The molecule has 38 heavy (non-hydrogen) atoms. The van der Waals surface area contributed by atoms with Crippen molar-refractivity contribution in [2.75, 3.05) is 0 Å². The van der Waals surface area contributed by atoms with E-state index < -0.39 is 5.97 Å². The zero-order chi connectivity index (χ0) is 26.8. The molecule has 0 spiro atoms. The molecule has 0 fully saturated rings. The molecule has 190 valence electrons. The van der Waals surface area contributed by atoms with Gasteiger partial charge in [0.05, 0.1) is 27.2 Å². The number of nitrogens with zero attached hydrogens (tertiary/aromatic N) is 3. The number of hydrogen-bond acceptors (Lipinski definition) is 4. The summed E-state index contributed by atoms with van der Waals surface area (Å²) in [5.41, 5.74) is 3.98. The highest BCUT2D eigenvalue weighted by atomic mass is 35.5. The summed E-state index contributed by atoms with van der Waals surface area (Å²) in [5.74, 6) is -0.404. The molecule has 0 bridgehead atoms. The Morgan fingerprint density at radius 3 is 2.00 bits per heavy atom. The molecule has 5 rings (SSSR count). The average molecular weight is 583 g/mol. The van der Waals surface area contributed by atoms with Crippen LogP contribution in [0, 0.1) is 0 Å². The van der Waals surface area contributed by atoms with Gasteiger partial charge in [0.15, 0.2) is 0 Å². The van der Waals surface area contributed by atoms with Gasteiger partial charge in [-0.1, -0.05) is 113 Å².